The van der Waals surface area contributed by atoms with Crippen molar-refractivity contribution in [1.82, 2.24) is 5.32 Å². The third kappa shape index (κ3) is 4.44. The number of halogens is 6. The van der Waals surface area contributed by atoms with Crippen LogP contribution in [0.25, 0.3) is 0 Å². The SMILES string of the molecule is CCOC(=O)C1=C(C(F)F)NC(C(F)F)=C(C(=O)OCC)C1c1cccc(F)c1F. The van der Waals surface area contributed by atoms with Crippen LogP contribution in [0.5, 0.6) is 0 Å². The summed E-state index contributed by atoms with van der Waals surface area (Å²) in [6, 6.07) is 2.56. The van der Waals surface area contributed by atoms with Crippen LogP contribution >= 0.6 is 0 Å². The molecule has 0 atom stereocenters. The van der Waals surface area contributed by atoms with Crippen molar-refractivity contribution in [2.75, 3.05) is 13.2 Å². The first-order valence-corrected chi connectivity index (χ1v) is 8.75. The molecule has 2 rings (SSSR count). The Morgan fingerprint density at radius 1 is 0.933 bits per heavy atom. The summed E-state index contributed by atoms with van der Waals surface area (Å²) in [6.07, 6.45) is -7.00. The molecule has 1 N–H and O–H groups in total. The van der Waals surface area contributed by atoms with Crippen molar-refractivity contribution in [2.24, 2.45) is 0 Å². The number of carbonyl (C=O) groups is 2. The van der Waals surface area contributed by atoms with Crippen molar-refractivity contribution in [3.8, 4) is 0 Å². The molecule has 1 aliphatic heterocycles. The second-order valence-corrected chi connectivity index (χ2v) is 5.90. The number of ether oxygens (including phenoxy) is 2. The number of hydrogen-bond acceptors (Lipinski definition) is 5. The summed E-state index contributed by atoms with van der Waals surface area (Å²) in [4.78, 5) is 24.9. The van der Waals surface area contributed by atoms with Crippen LogP contribution < -0.4 is 5.32 Å². The lowest BCUT2D eigenvalue weighted by molar-refractivity contribution is -0.139. The van der Waals surface area contributed by atoms with Gasteiger partial charge in [0.05, 0.1) is 41.7 Å². The van der Waals surface area contributed by atoms with E-state index in [4.69, 9.17) is 9.47 Å². The van der Waals surface area contributed by atoms with Gasteiger partial charge in [-0.1, -0.05) is 12.1 Å². The van der Waals surface area contributed by atoms with Crippen LogP contribution in [-0.2, 0) is 19.1 Å². The molecule has 164 valence electrons. The predicted molar refractivity (Wildman–Crippen MR) is 91.6 cm³/mol. The molecule has 5 nitrogen and oxygen atoms in total. The van der Waals surface area contributed by atoms with Gasteiger partial charge in [-0.3, -0.25) is 0 Å². The van der Waals surface area contributed by atoms with Gasteiger partial charge < -0.3 is 14.8 Å². The lowest BCUT2D eigenvalue weighted by Crippen LogP contribution is -2.38. The third-order valence-corrected chi connectivity index (χ3v) is 4.15. The highest BCUT2D eigenvalue weighted by Crippen LogP contribution is 2.43. The molecular weight excluding hydrogens is 420 g/mol. The van der Waals surface area contributed by atoms with Crippen molar-refractivity contribution in [3.63, 3.8) is 0 Å². The fraction of sp³-hybridized carbons (Fsp3) is 0.368. The highest BCUT2D eigenvalue weighted by Gasteiger charge is 2.45. The molecule has 1 aromatic carbocycles. The molecular formula is C19H17F6NO4. The number of benzene rings is 1. The summed E-state index contributed by atoms with van der Waals surface area (Å²) in [5.41, 5.74) is -5.37. The molecule has 1 aromatic rings. The Labute approximate surface area is 167 Å². The van der Waals surface area contributed by atoms with E-state index in [1.165, 1.54) is 13.8 Å². The van der Waals surface area contributed by atoms with Crippen LogP contribution in [0.4, 0.5) is 26.3 Å². The third-order valence-electron chi connectivity index (χ3n) is 4.15. The molecule has 11 heteroatoms. The highest BCUT2D eigenvalue weighted by molar-refractivity contribution is 6.00. The minimum Gasteiger partial charge on any atom is -0.463 e. The zero-order valence-corrected chi connectivity index (χ0v) is 15.8. The first-order chi connectivity index (χ1) is 14.1. The summed E-state index contributed by atoms with van der Waals surface area (Å²) in [7, 11) is 0. The van der Waals surface area contributed by atoms with E-state index in [-0.39, 0.29) is 13.2 Å². The number of alkyl halides is 4. The number of carbonyl (C=O) groups excluding carboxylic acids is 2. The average molecular weight is 437 g/mol. The monoisotopic (exact) mass is 437 g/mol. The van der Waals surface area contributed by atoms with E-state index >= 15 is 0 Å². The summed E-state index contributed by atoms with van der Waals surface area (Å²) in [5.74, 6) is -7.98. The number of hydrogen-bond donors (Lipinski definition) is 1. The van der Waals surface area contributed by atoms with Crippen LogP contribution in [-0.4, -0.2) is 38.0 Å². The van der Waals surface area contributed by atoms with E-state index in [0.29, 0.717) is 6.07 Å². The standard InChI is InChI=1S/C19H17F6NO4/c1-3-29-18(27)11-10(8-6-5-7-9(20)13(8)21)12(19(28)30-4-2)15(17(24)25)26-14(11)16(22)23/h5-7,10,16-17,26H,3-4H2,1-2H3. The number of dihydropyridines is 1. The second kappa shape index (κ2) is 9.68. The zero-order valence-electron chi connectivity index (χ0n) is 15.8. The first kappa shape index (κ1) is 23.3. The van der Waals surface area contributed by atoms with Crippen LogP contribution in [0, 0.1) is 11.6 Å². The molecule has 0 fully saturated rings. The molecule has 0 amide bonds. The molecule has 0 radical (unpaired) electrons. The van der Waals surface area contributed by atoms with E-state index in [1.807, 2.05) is 0 Å². The number of nitrogens with one attached hydrogen (secondary N) is 1. The zero-order chi connectivity index (χ0) is 22.6. The molecule has 1 aliphatic rings. The molecule has 1 heterocycles. The molecule has 0 aliphatic carbocycles. The molecule has 0 bridgehead atoms. The Morgan fingerprint density at radius 3 is 1.80 bits per heavy atom. The van der Waals surface area contributed by atoms with E-state index in [0.717, 1.165) is 12.1 Å². The van der Waals surface area contributed by atoms with Gasteiger partial charge in [-0.05, 0) is 19.9 Å². The molecule has 0 unspecified atom stereocenters. The number of allylic oxidation sites excluding steroid dienone is 2. The van der Waals surface area contributed by atoms with Gasteiger partial charge in [-0.2, -0.15) is 0 Å². The van der Waals surface area contributed by atoms with Crippen molar-refractivity contribution in [3.05, 3.63) is 57.9 Å². The van der Waals surface area contributed by atoms with Gasteiger partial charge in [-0.15, -0.1) is 0 Å². The molecule has 0 saturated heterocycles. The quantitative estimate of drug-likeness (QED) is 0.519. The maximum Gasteiger partial charge on any atom is 0.336 e. The Kier molecular flexibility index (Phi) is 7.52. The van der Waals surface area contributed by atoms with E-state index in [9.17, 15) is 35.9 Å². The van der Waals surface area contributed by atoms with E-state index in [1.54, 1.807) is 5.32 Å². The van der Waals surface area contributed by atoms with Crippen LogP contribution in [0.1, 0.15) is 25.3 Å². The smallest absolute Gasteiger partial charge is 0.336 e. The van der Waals surface area contributed by atoms with Gasteiger partial charge in [0.15, 0.2) is 11.6 Å². The van der Waals surface area contributed by atoms with Gasteiger partial charge in [0.2, 0.25) is 0 Å². The van der Waals surface area contributed by atoms with Crippen LogP contribution in [0.15, 0.2) is 40.7 Å². The first-order valence-electron chi connectivity index (χ1n) is 8.75. The largest absolute Gasteiger partial charge is 0.463 e. The number of esters is 2. The fourth-order valence-electron chi connectivity index (χ4n) is 3.01. The highest BCUT2D eigenvalue weighted by atomic mass is 19.3. The van der Waals surface area contributed by atoms with Gasteiger partial charge >= 0.3 is 11.9 Å². The van der Waals surface area contributed by atoms with Crippen LogP contribution in [0.2, 0.25) is 0 Å². The van der Waals surface area contributed by atoms with E-state index < -0.39 is 70.4 Å². The Hall–Kier alpha value is -2.98. The minimum atomic E-state index is -3.50. The Morgan fingerprint density at radius 2 is 1.40 bits per heavy atom. The maximum atomic E-state index is 14.6. The lowest BCUT2D eigenvalue weighted by Gasteiger charge is -2.32. The molecule has 0 spiro atoms. The lowest BCUT2D eigenvalue weighted by atomic mass is 9.79. The fourth-order valence-corrected chi connectivity index (χ4v) is 3.01. The van der Waals surface area contributed by atoms with Crippen molar-refractivity contribution in [2.45, 2.75) is 32.6 Å². The molecule has 0 aromatic heterocycles. The van der Waals surface area contributed by atoms with Gasteiger partial charge in [0.1, 0.15) is 0 Å². The van der Waals surface area contributed by atoms with Gasteiger partial charge in [0.25, 0.3) is 12.9 Å². The number of rotatable bonds is 7. The second-order valence-electron chi connectivity index (χ2n) is 5.90. The van der Waals surface area contributed by atoms with Crippen LogP contribution in [0.3, 0.4) is 0 Å². The predicted octanol–water partition coefficient (Wildman–Crippen LogP) is 3.82. The Bertz CT molecular complexity index is 851. The molecule has 30 heavy (non-hydrogen) atoms. The van der Waals surface area contributed by atoms with Gasteiger partial charge in [0, 0.05) is 5.56 Å². The van der Waals surface area contributed by atoms with E-state index in [2.05, 4.69) is 0 Å². The van der Waals surface area contributed by atoms with Crippen molar-refractivity contribution < 1.29 is 45.4 Å². The topological polar surface area (TPSA) is 64.6 Å². The maximum absolute atomic E-state index is 14.6. The normalized spacial score (nSPS) is 15.0. The summed E-state index contributed by atoms with van der Waals surface area (Å²) < 4.78 is 92.5. The minimum absolute atomic E-state index is 0.294. The van der Waals surface area contributed by atoms with Crippen molar-refractivity contribution >= 4 is 11.9 Å². The van der Waals surface area contributed by atoms with Crippen molar-refractivity contribution in [1.29, 1.82) is 0 Å². The van der Waals surface area contributed by atoms with Gasteiger partial charge in [-0.25, -0.2) is 35.9 Å². The Balaban J connectivity index is 2.91. The average Bonchev–Trinajstić information content (AvgIpc) is 2.68. The summed E-state index contributed by atoms with van der Waals surface area (Å²) in [6.45, 7) is 2.11. The summed E-state index contributed by atoms with van der Waals surface area (Å²) in [5, 5.41) is 1.71. The summed E-state index contributed by atoms with van der Waals surface area (Å²) >= 11 is 0. The molecule has 0 saturated carbocycles.